The van der Waals surface area contributed by atoms with Gasteiger partial charge in [0.05, 0.1) is 5.71 Å². The first-order chi connectivity index (χ1) is 15.3. The highest BCUT2D eigenvalue weighted by atomic mass is 16.4. The molecule has 0 bridgehead atoms. The van der Waals surface area contributed by atoms with Crippen LogP contribution < -0.4 is 10.2 Å². The van der Waals surface area contributed by atoms with Gasteiger partial charge < -0.3 is 15.0 Å². The number of carboxylic acids is 1. The molecule has 2 atom stereocenters. The number of anilines is 1. The van der Waals surface area contributed by atoms with Crippen LogP contribution in [0.15, 0.2) is 59.8 Å². The number of nitrogens with zero attached hydrogens (tertiary/aromatic N) is 3. The molecule has 0 aliphatic carbocycles. The molecule has 0 fully saturated rings. The summed E-state index contributed by atoms with van der Waals surface area (Å²) in [5, 5.41) is 19.9. The number of para-hydroxylation sites is 1. The standard InChI is InChI=1S/C24H27N5O3/c1-15(30)29-23(13-21(27-29)16-8-10-18(11-9-16)28(2)3)26-22(24(31)32)12-17-14-25-20-7-5-4-6-19(17)20/h4-11,14,22-23,25-26H,12-13H2,1-3H3,(H,31,32)/t22-,23-/m0/s1. The number of aromatic nitrogens is 1. The van der Waals surface area contributed by atoms with Gasteiger partial charge in [0.2, 0.25) is 5.91 Å². The van der Waals surface area contributed by atoms with E-state index in [0.29, 0.717) is 6.42 Å². The lowest BCUT2D eigenvalue weighted by Gasteiger charge is -2.25. The molecule has 1 amide bonds. The lowest BCUT2D eigenvalue weighted by atomic mass is 10.0. The van der Waals surface area contributed by atoms with Crippen LogP contribution in [0.1, 0.15) is 24.5 Å². The maximum Gasteiger partial charge on any atom is 0.321 e. The van der Waals surface area contributed by atoms with Crippen LogP contribution in [0, 0.1) is 0 Å². The second kappa shape index (κ2) is 8.84. The number of hydrazone groups is 1. The van der Waals surface area contributed by atoms with Crippen molar-refractivity contribution in [2.75, 3.05) is 19.0 Å². The van der Waals surface area contributed by atoms with Gasteiger partial charge in [-0.25, -0.2) is 5.01 Å². The molecule has 4 rings (SSSR count). The Morgan fingerprint density at radius 1 is 1.22 bits per heavy atom. The summed E-state index contributed by atoms with van der Waals surface area (Å²) in [5.74, 6) is -1.21. The molecule has 0 spiro atoms. The second-order valence-corrected chi connectivity index (χ2v) is 8.19. The van der Waals surface area contributed by atoms with Crippen molar-refractivity contribution in [1.29, 1.82) is 0 Å². The SMILES string of the molecule is CC(=O)N1N=C(c2ccc(N(C)C)cc2)C[C@H]1N[C@@H](Cc1c[nH]c2ccccc12)C(=O)O. The Labute approximate surface area is 186 Å². The van der Waals surface area contributed by atoms with Crippen LogP contribution in [0.4, 0.5) is 5.69 Å². The van der Waals surface area contributed by atoms with Crippen molar-refractivity contribution in [3.8, 4) is 0 Å². The minimum atomic E-state index is -0.970. The Bertz CT molecular complexity index is 1170. The van der Waals surface area contributed by atoms with Crippen LogP contribution in [-0.2, 0) is 16.0 Å². The second-order valence-electron chi connectivity index (χ2n) is 8.19. The highest BCUT2D eigenvalue weighted by molar-refractivity contribution is 6.03. The van der Waals surface area contributed by atoms with Gasteiger partial charge in [0.1, 0.15) is 12.2 Å². The number of carbonyl (C=O) groups is 2. The summed E-state index contributed by atoms with van der Waals surface area (Å²) in [7, 11) is 3.94. The number of hydrogen-bond acceptors (Lipinski definition) is 5. The Kier molecular flexibility index (Phi) is 5.96. The lowest BCUT2D eigenvalue weighted by Crippen LogP contribution is -2.51. The molecule has 2 aromatic carbocycles. The van der Waals surface area contributed by atoms with Crippen molar-refractivity contribution in [3.63, 3.8) is 0 Å². The Morgan fingerprint density at radius 3 is 2.59 bits per heavy atom. The first-order valence-corrected chi connectivity index (χ1v) is 10.5. The number of fused-ring (bicyclic) bond motifs is 1. The molecule has 2 heterocycles. The smallest absolute Gasteiger partial charge is 0.321 e. The molecule has 3 N–H and O–H groups in total. The predicted molar refractivity (Wildman–Crippen MR) is 125 cm³/mol. The van der Waals surface area contributed by atoms with Crippen molar-refractivity contribution in [2.24, 2.45) is 5.10 Å². The zero-order valence-corrected chi connectivity index (χ0v) is 18.4. The molecule has 0 saturated carbocycles. The van der Waals surface area contributed by atoms with Gasteiger partial charge in [0, 0.05) is 56.6 Å². The minimum Gasteiger partial charge on any atom is -0.480 e. The van der Waals surface area contributed by atoms with Crippen LogP contribution in [0.2, 0.25) is 0 Å². The van der Waals surface area contributed by atoms with Crippen LogP contribution in [-0.4, -0.2) is 59.0 Å². The van der Waals surface area contributed by atoms with Crippen molar-refractivity contribution in [1.82, 2.24) is 15.3 Å². The number of carboxylic acid groups (broad SMARTS) is 1. The summed E-state index contributed by atoms with van der Waals surface area (Å²) in [4.78, 5) is 29.5. The van der Waals surface area contributed by atoms with Gasteiger partial charge in [0.25, 0.3) is 0 Å². The maximum absolute atomic E-state index is 12.2. The van der Waals surface area contributed by atoms with Gasteiger partial charge in [-0.2, -0.15) is 5.10 Å². The molecule has 0 radical (unpaired) electrons. The van der Waals surface area contributed by atoms with Crippen LogP contribution in [0.3, 0.4) is 0 Å². The maximum atomic E-state index is 12.2. The van der Waals surface area contributed by atoms with E-state index in [4.69, 9.17) is 0 Å². The van der Waals surface area contributed by atoms with Gasteiger partial charge in [-0.3, -0.25) is 14.9 Å². The number of nitrogens with one attached hydrogen (secondary N) is 2. The zero-order chi connectivity index (χ0) is 22.8. The van der Waals surface area contributed by atoms with Crippen LogP contribution in [0.5, 0.6) is 0 Å². The number of hydrogen-bond donors (Lipinski definition) is 3. The highest BCUT2D eigenvalue weighted by Crippen LogP contribution is 2.23. The summed E-state index contributed by atoms with van der Waals surface area (Å²) in [6, 6.07) is 14.8. The van der Waals surface area contributed by atoms with Crippen LogP contribution >= 0.6 is 0 Å². The molecule has 0 unspecified atom stereocenters. The van der Waals surface area contributed by atoms with E-state index in [1.54, 1.807) is 0 Å². The van der Waals surface area contributed by atoms with Crippen molar-refractivity contribution in [2.45, 2.75) is 32.0 Å². The third-order valence-corrected chi connectivity index (χ3v) is 5.74. The third-order valence-electron chi connectivity index (χ3n) is 5.74. The molecule has 32 heavy (non-hydrogen) atoms. The fourth-order valence-corrected chi connectivity index (χ4v) is 4.03. The van der Waals surface area contributed by atoms with Gasteiger partial charge in [0.15, 0.2) is 0 Å². The molecule has 8 nitrogen and oxygen atoms in total. The van der Waals surface area contributed by atoms with Crippen molar-refractivity contribution in [3.05, 3.63) is 65.9 Å². The molecule has 1 aliphatic rings. The highest BCUT2D eigenvalue weighted by Gasteiger charge is 2.33. The first kappa shape index (κ1) is 21.6. The fraction of sp³-hybridized carbons (Fsp3) is 0.292. The summed E-state index contributed by atoms with van der Waals surface area (Å²) in [6.45, 7) is 1.44. The van der Waals surface area contributed by atoms with E-state index in [1.807, 2.05) is 73.7 Å². The minimum absolute atomic E-state index is 0.237. The molecule has 3 aromatic rings. The summed E-state index contributed by atoms with van der Waals surface area (Å²) in [6.07, 6.45) is 2.03. The van der Waals surface area contributed by atoms with E-state index in [1.165, 1.54) is 11.9 Å². The van der Waals surface area contributed by atoms with E-state index >= 15 is 0 Å². The van der Waals surface area contributed by atoms with Gasteiger partial charge in [-0.05, 0) is 29.3 Å². The topological polar surface area (TPSA) is 101 Å². The number of aromatic amines is 1. The number of amides is 1. The van der Waals surface area contributed by atoms with Crippen molar-refractivity contribution < 1.29 is 14.7 Å². The summed E-state index contributed by atoms with van der Waals surface area (Å²) in [5.41, 5.74) is 4.60. The molecule has 1 aliphatic heterocycles. The predicted octanol–water partition coefficient (Wildman–Crippen LogP) is 2.80. The molecular weight excluding hydrogens is 406 g/mol. The summed E-state index contributed by atoms with van der Waals surface area (Å²) < 4.78 is 0. The van der Waals surface area contributed by atoms with Gasteiger partial charge in [-0.1, -0.05) is 30.3 Å². The number of aliphatic carboxylic acids is 1. The largest absolute Gasteiger partial charge is 0.480 e. The van der Waals surface area contributed by atoms with E-state index < -0.39 is 18.2 Å². The van der Waals surface area contributed by atoms with E-state index in [2.05, 4.69) is 15.4 Å². The lowest BCUT2D eigenvalue weighted by molar-refractivity contribution is -0.141. The monoisotopic (exact) mass is 433 g/mol. The zero-order valence-electron chi connectivity index (χ0n) is 18.4. The van der Waals surface area contributed by atoms with E-state index in [-0.39, 0.29) is 12.3 Å². The van der Waals surface area contributed by atoms with Crippen molar-refractivity contribution >= 4 is 34.2 Å². The Morgan fingerprint density at radius 2 is 1.94 bits per heavy atom. The Hall–Kier alpha value is -3.65. The average molecular weight is 434 g/mol. The summed E-state index contributed by atoms with van der Waals surface area (Å²) >= 11 is 0. The van der Waals surface area contributed by atoms with E-state index in [0.717, 1.165) is 33.4 Å². The van der Waals surface area contributed by atoms with E-state index in [9.17, 15) is 14.7 Å². The first-order valence-electron chi connectivity index (χ1n) is 10.5. The molecular formula is C24H27N5O3. The van der Waals surface area contributed by atoms with Crippen LogP contribution in [0.25, 0.3) is 10.9 Å². The molecule has 0 saturated heterocycles. The number of benzene rings is 2. The van der Waals surface area contributed by atoms with Gasteiger partial charge in [-0.15, -0.1) is 0 Å². The molecule has 166 valence electrons. The van der Waals surface area contributed by atoms with Gasteiger partial charge >= 0.3 is 5.97 Å². The molecule has 1 aromatic heterocycles. The Balaban J connectivity index is 1.53. The third kappa shape index (κ3) is 4.36. The molecule has 8 heteroatoms. The number of rotatable bonds is 7. The fourth-order valence-electron chi connectivity index (χ4n) is 4.03. The number of carbonyl (C=O) groups excluding carboxylic acids is 1. The normalized spacial score (nSPS) is 16.8. The number of H-pyrrole nitrogens is 1. The quantitative estimate of drug-likeness (QED) is 0.532. The average Bonchev–Trinajstić information content (AvgIpc) is 3.38.